The number of hydrogen-bond acceptors (Lipinski definition) is 8. The molecule has 0 spiro atoms. The van der Waals surface area contributed by atoms with Gasteiger partial charge in [-0.3, -0.25) is 9.59 Å². The fourth-order valence-corrected chi connectivity index (χ4v) is 3.01. The molecule has 154 valence electrons. The van der Waals surface area contributed by atoms with Gasteiger partial charge in [-0.05, 0) is 42.5 Å². The maximum absolute atomic E-state index is 12.2. The Morgan fingerprint density at radius 3 is 2.50 bits per heavy atom. The van der Waals surface area contributed by atoms with Gasteiger partial charge in [0.05, 0.1) is 18.4 Å². The number of amides is 2. The van der Waals surface area contributed by atoms with Gasteiger partial charge >= 0.3 is 5.97 Å². The molecule has 2 amide bonds. The summed E-state index contributed by atoms with van der Waals surface area (Å²) in [5, 5.41) is 13.5. The minimum Gasteiger partial charge on any atom is -0.465 e. The number of hydrogen-bond donors (Lipinski definition) is 2. The number of nitrogens with zero attached hydrogens (tertiary/aromatic N) is 2. The average molecular weight is 426 g/mol. The van der Waals surface area contributed by atoms with Gasteiger partial charge in [-0.2, -0.15) is 0 Å². The molecule has 0 aliphatic carbocycles. The second kappa shape index (κ2) is 9.70. The Labute approximate surface area is 176 Å². The zero-order valence-electron chi connectivity index (χ0n) is 16.2. The highest BCUT2D eigenvalue weighted by molar-refractivity contribution is 7.99. The van der Waals surface area contributed by atoms with Crippen LogP contribution in [-0.2, 0) is 14.3 Å². The number of carbonyl (C=O) groups is 3. The number of rotatable bonds is 7. The van der Waals surface area contributed by atoms with E-state index in [0.29, 0.717) is 28.4 Å². The van der Waals surface area contributed by atoms with Gasteiger partial charge in [0.25, 0.3) is 5.22 Å². The summed E-state index contributed by atoms with van der Waals surface area (Å²) in [6.07, 6.45) is 0. The third kappa shape index (κ3) is 5.67. The van der Waals surface area contributed by atoms with Crippen LogP contribution >= 0.6 is 11.8 Å². The highest BCUT2D eigenvalue weighted by atomic mass is 32.2. The first-order valence-corrected chi connectivity index (χ1v) is 9.75. The largest absolute Gasteiger partial charge is 0.465 e. The molecule has 0 radical (unpaired) electrons. The lowest BCUT2D eigenvalue weighted by atomic mass is 10.2. The standard InChI is InChI=1S/C20H18N4O5S/c1-12(25)21-15-8-6-13(7-9-15)18-23-24-20(29-18)30-11-17(26)22-16-5-3-4-14(10-16)19(27)28-2/h3-10H,11H2,1-2H3,(H,21,25)(H,22,26). The van der Waals surface area contributed by atoms with Crippen molar-refractivity contribution in [3.8, 4) is 11.5 Å². The topological polar surface area (TPSA) is 123 Å². The number of ether oxygens (including phenoxy) is 1. The van der Waals surface area contributed by atoms with E-state index in [4.69, 9.17) is 4.42 Å². The first-order chi connectivity index (χ1) is 14.4. The van der Waals surface area contributed by atoms with Crippen LogP contribution in [0.1, 0.15) is 17.3 Å². The molecule has 3 aromatic rings. The molecule has 1 aromatic heterocycles. The van der Waals surface area contributed by atoms with Crippen molar-refractivity contribution in [1.82, 2.24) is 10.2 Å². The molecule has 0 fully saturated rings. The molecule has 9 nitrogen and oxygen atoms in total. The molecule has 10 heteroatoms. The molecule has 0 aliphatic rings. The second-order valence-corrected chi connectivity index (χ2v) is 6.97. The highest BCUT2D eigenvalue weighted by Gasteiger charge is 2.12. The summed E-state index contributed by atoms with van der Waals surface area (Å²) in [6, 6.07) is 13.4. The van der Waals surface area contributed by atoms with E-state index in [1.807, 2.05) is 0 Å². The number of esters is 1. The smallest absolute Gasteiger partial charge is 0.337 e. The van der Waals surface area contributed by atoms with Crippen molar-refractivity contribution in [2.45, 2.75) is 12.1 Å². The Kier molecular flexibility index (Phi) is 6.81. The van der Waals surface area contributed by atoms with Crippen LogP contribution in [0.15, 0.2) is 58.2 Å². The van der Waals surface area contributed by atoms with E-state index in [0.717, 1.165) is 11.8 Å². The van der Waals surface area contributed by atoms with Gasteiger partial charge in [0.1, 0.15) is 0 Å². The van der Waals surface area contributed by atoms with Crippen molar-refractivity contribution in [3.63, 3.8) is 0 Å². The summed E-state index contributed by atoms with van der Waals surface area (Å²) in [5.41, 5.74) is 2.17. The van der Waals surface area contributed by atoms with Crippen LogP contribution in [0.25, 0.3) is 11.5 Å². The summed E-state index contributed by atoms with van der Waals surface area (Å²) < 4.78 is 10.2. The molecule has 1 heterocycles. The lowest BCUT2D eigenvalue weighted by Gasteiger charge is -2.05. The molecule has 3 rings (SSSR count). The molecule has 0 bridgehead atoms. The monoisotopic (exact) mass is 426 g/mol. The van der Waals surface area contributed by atoms with Gasteiger partial charge in [0, 0.05) is 23.9 Å². The Balaban J connectivity index is 1.55. The third-order valence-corrected chi connectivity index (χ3v) is 4.57. The molecule has 0 saturated heterocycles. The second-order valence-electron chi connectivity index (χ2n) is 6.04. The predicted octanol–water partition coefficient (Wildman–Crippen LogP) is 3.21. The highest BCUT2D eigenvalue weighted by Crippen LogP contribution is 2.24. The fourth-order valence-electron chi connectivity index (χ4n) is 2.45. The lowest BCUT2D eigenvalue weighted by Crippen LogP contribution is -2.14. The molecule has 0 unspecified atom stereocenters. The Bertz CT molecular complexity index is 1070. The van der Waals surface area contributed by atoms with Gasteiger partial charge in [-0.25, -0.2) is 4.79 Å². The van der Waals surface area contributed by atoms with Crippen LogP contribution in [0, 0.1) is 0 Å². The van der Waals surface area contributed by atoms with Gasteiger partial charge in [0.15, 0.2) is 0 Å². The number of anilines is 2. The van der Waals surface area contributed by atoms with E-state index < -0.39 is 5.97 Å². The first kappa shape index (κ1) is 21.1. The number of nitrogens with one attached hydrogen (secondary N) is 2. The molecule has 2 aromatic carbocycles. The van der Waals surface area contributed by atoms with Crippen molar-refractivity contribution < 1.29 is 23.5 Å². The number of aromatic nitrogens is 2. The number of carbonyl (C=O) groups excluding carboxylic acids is 3. The maximum Gasteiger partial charge on any atom is 0.337 e. The molecular weight excluding hydrogens is 408 g/mol. The number of methoxy groups -OCH3 is 1. The normalized spacial score (nSPS) is 10.3. The quantitative estimate of drug-likeness (QED) is 0.436. The van der Waals surface area contributed by atoms with Gasteiger partial charge < -0.3 is 19.8 Å². The average Bonchev–Trinajstić information content (AvgIpc) is 3.21. The van der Waals surface area contributed by atoms with E-state index in [2.05, 4.69) is 25.6 Å². The Morgan fingerprint density at radius 2 is 1.80 bits per heavy atom. The summed E-state index contributed by atoms with van der Waals surface area (Å²) in [4.78, 5) is 34.8. The molecule has 0 aliphatic heterocycles. The molecule has 0 saturated carbocycles. The van der Waals surface area contributed by atoms with Crippen molar-refractivity contribution >= 4 is 40.9 Å². The molecular formula is C20H18N4O5S. The van der Waals surface area contributed by atoms with E-state index in [9.17, 15) is 14.4 Å². The lowest BCUT2D eigenvalue weighted by molar-refractivity contribution is -0.114. The third-order valence-electron chi connectivity index (χ3n) is 3.75. The van der Waals surface area contributed by atoms with Gasteiger partial charge in [-0.15, -0.1) is 10.2 Å². The van der Waals surface area contributed by atoms with Crippen LogP contribution in [0.4, 0.5) is 11.4 Å². The number of thioether (sulfide) groups is 1. The van der Waals surface area contributed by atoms with E-state index >= 15 is 0 Å². The van der Waals surface area contributed by atoms with Crippen molar-refractivity contribution in [2.75, 3.05) is 23.5 Å². The van der Waals surface area contributed by atoms with Gasteiger partial charge in [0.2, 0.25) is 17.7 Å². The van der Waals surface area contributed by atoms with E-state index in [-0.39, 0.29) is 22.8 Å². The zero-order chi connectivity index (χ0) is 21.5. The molecule has 2 N–H and O–H groups in total. The summed E-state index contributed by atoms with van der Waals surface area (Å²) >= 11 is 1.09. The minimum atomic E-state index is -0.482. The summed E-state index contributed by atoms with van der Waals surface area (Å²) in [7, 11) is 1.29. The van der Waals surface area contributed by atoms with Crippen LogP contribution < -0.4 is 10.6 Å². The van der Waals surface area contributed by atoms with Crippen LogP contribution in [-0.4, -0.2) is 40.8 Å². The first-order valence-electron chi connectivity index (χ1n) is 8.77. The van der Waals surface area contributed by atoms with Crippen LogP contribution in [0.3, 0.4) is 0 Å². The maximum atomic E-state index is 12.2. The zero-order valence-corrected chi connectivity index (χ0v) is 17.0. The summed E-state index contributed by atoms with van der Waals surface area (Å²) in [5.74, 6) is -0.580. The molecule has 30 heavy (non-hydrogen) atoms. The summed E-state index contributed by atoms with van der Waals surface area (Å²) in [6.45, 7) is 1.43. The van der Waals surface area contributed by atoms with Crippen molar-refractivity contribution in [3.05, 3.63) is 54.1 Å². The predicted molar refractivity (Wildman–Crippen MR) is 111 cm³/mol. The van der Waals surface area contributed by atoms with Crippen molar-refractivity contribution in [2.24, 2.45) is 0 Å². The van der Waals surface area contributed by atoms with Crippen LogP contribution in [0.2, 0.25) is 0 Å². The van der Waals surface area contributed by atoms with E-state index in [1.54, 1.807) is 42.5 Å². The van der Waals surface area contributed by atoms with Crippen molar-refractivity contribution in [1.29, 1.82) is 0 Å². The number of benzene rings is 2. The molecule has 0 atom stereocenters. The SMILES string of the molecule is COC(=O)c1cccc(NC(=O)CSc2nnc(-c3ccc(NC(C)=O)cc3)o2)c1. The Hall–Kier alpha value is -3.66. The van der Waals surface area contributed by atoms with Gasteiger partial charge in [-0.1, -0.05) is 17.8 Å². The van der Waals surface area contributed by atoms with E-state index in [1.165, 1.54) is 20.1 Å². The Morgan fingerprint density at radius 1 is 1.03 bits per heavy atom. The van der Waals surface area contributed by atoms with Crippen LogP contribution in [0.5, 0.6) is 0 Å². The fraction of sp³-hybridized carbons (Fsp3) is 0.150. The minimum absolute atomic E-state index is 0.0472.